The van der Waals surface area contributed by atoms with E-state index in [0.29, 0.717) is 24.7 Å². The molecule has 0 bridgehead atoms. The van der Waals surface area contributed by atoms with Crippen molar-refractivity contribution in [3.63, 3.8) is 0 Å². The molecule has 2 rings (SSSR count). The largest absolute Gasteiger partial charge is 0.349 e. The molecule has 1 aliphatic rings. The number of rotatable bonds is 4. The van der Waals surface area contributed by atoms with Crippen LogP contribution >= 0.6 is 0 Å². The van der Waals surface area contributed by atoms with E-state index in [9.17, 15) is 4.79 Å². The van der Waals surface area contributed by atoms with Crippen LogP contribution in [0.1, 0.15) is 37.9 Å². The highest BCUT2D eigenvalue weighted by Gasteiger charge is 2.18. The zero-order valence-electron chi connectivity index (χ0n) is 8.70. The average Bonchev–Trinajstić information content (AvgIpc) is 2.86. The summed E-state index contributed by atoms with van der Waals surface area (Å²) in [5.74, 6) is 1.42. The number of amides is 1. The topological polar surface area (TPSA) is 70.7 Å². The first-order valence-electron chi connectivity index (χ1n) is 5.45. The Kier molecular flexibility index (Phi) is 3.32. The number of carbonyl (C=O) groups is 1. The number of hydrogen-bond donors (Lipinski definition) is 2. The monoisotopic (exact) mass is 208 g/mol. The molecule has 1 saturated carbocycles. The summed E-state index contributed by atoms with van der Waals surface area (Å²) >= 11 is 0. The molecule has 0 unspecified atom stereocenters. The first kappa shape index (κ1) is 10.1. The van der Waals surface area contributed by atoms with Gasteiger partial charge in [-0.05, 0) is 18.8 Å². The van der Waals surface area contributed by atoms with E-state index in [0.717, 1.165) is 0 Å². The van der Waals surface area contributed by atoms with Crippen molar-refractivity contribution >= 4 is 5.91 Å². The molecular weight excluding hydrogens is 192 g/mol. The molecule has 0 radical (unpaired) electrons. The maximum Gasteiger partial charge on any atom is 0.220 e. The molecule has 1 fully saturated rings. The van der Waals surface area contributed by atoms with Crippen LogP contribution in [0.5, 0.6) is 0 Å². The summed E-state index contributed by atoms with van der Waals surface area (Å²) < 4.78 is 0. The molecule has 0 atom stereocenters. The van der Waals surface area contributed by atoms with E-state index in [4.69, 9.17) is 0 Å². The van der Waals surface area contributed by atoms with Crippen LogP contribution in [-0.4, -0.2) is 21.1 Å². The van der Waals surface area contributed by atoms with Gasteiger partial charge in [-0.3, -0.25) is 9.89 Å². The van der Waals surface area contributed by atoms with Gasteiger partial charge in [0.25, 0.3) is 0 Å². The molecule has 15 heavy (non-hydrogen) atoms. The Bertz CT molecular complexity index is 303. The zero-order valence-corrected chi connectivity index (χ0v) is 8.70. The van der Waals surface area contributed by atoms with E-state index in [-0.39, 0.29) is 5.91 Å². The second-order valence-corrected chi connectivity index (χ2v) is 4.06. The summed E-state index contributed by atoms with van der Waals surface area (Å²) in [4.78, 5) is 15.5. The number of nitrogens with one attached hydrogen (secondary N) is 2. The van der Waals surface area contributed by atoms with Gasteiger partial charge in [-0.1, -0.05) is 12.8 Å². The first-order chi connectivity index (χ1) is 7.34. The normalized spacial score (nSPS) is 16.8. The summed E-state index contributed by atoms with van der Waals surface area (Å²) in [5.41, 5.74) is 0. The number of aromatic amines is 1. The van der Waals surface area contributed by atoms with E-state index < -0.39 is 0 Å². The lowest BCUT2D eigenvalue weighted by atomic mass is 10.0. The Morgan fingerprint density at radius 3 is 3.00 bits per heavy atom. The summed E-state index contributed by atoms with van der Waals surface area (Å²) in [6.07, 6.45) is 7.07. The fourth-order valence-electron chi connectivity index (χ4n) is 2.05. The molecule has 1 aromatic heterocycles. The van der Waals surface area contributed by atoms with E-state index in [1.807, 2.05) is 0 Å². The number of hydrogen-bond acceptors (Lipinski definition) is 3. The van der Waals surface area contributed by atoms with Crippen LogP contribution in [0.4, 0.5) is 0 Å². The molecule has 5 nitrogen and oxygen atoms in total. The van der Waals surface area contributed by atoms with Crippen LogP contribution < -0.4 is 5.32 Å². The SMILES string of the molecule is O=C(CC1CCCC1)NCc1ncn[nH]1. The summed E-state index contributed by atoms with van der Waals surface area (Å²) in [6.45, 7) is 0.450. The minimum Gasteiger partial charge on any atom is -0.349 e. The van der Waals surface area contributed by atoms with Crippen LogP contribution in [0.3, 0.4) is 0 Å². The molecule has 0 aliphatic heterocycles. The summed E-state index contributed by atoms with van der Waals surface area (Å²) in [7, 11) is 0. The lowest BCUT2D eigenvalue weighted by Gasteiger charge is -2.08. The fourth-order valence-corrected chi connectivity index (χ4v) is 2.05. The Morgan fingerprint density at radius 1 is 1.53 bits per heavy atom. The lowest BCUT2D eigenvalue weighted by Crippen LogP contribution is -2.25. The Balaban J connectivity index is 1.68. The van der Waals surface area contributed by atoms with Crippen LogP contribution in [0.25, 0.3) is 0 Å². The van der Waals surface area contributed by atoms with Crippen LogP contribution in [0.15, 0.2) is 6.33 Å². The Hall–Kier alpha value is -1.39. The highest BCUT2D eigenvalue weighted by atomic mass is 16.1. The summed E-state index contributed by atoms with van der Waals surface area (Å²) in [5, 5.41) is 9.27. The Morgan fingerprint density at radius 2 is 2.33 bits per heavy atom. The van der Waals surface area contributed by atoms with Gasteiger partial charge >= 0.3 is 0 Å². The Labute approximate surface area is 88.7 Å². The van der Waals surface area contributed by atoms with Gasteiger partial charge in [-0.25, -0.2) is 4.98 Å². The van der Waals surface area contributed by atoms with Gasteiger partial charge in [0.05, 0.1) is 6.54 Å². The molecule has 1 aliphatic carbocycles. The molecule has 1 heterocycles. The second-order valence-electron chi connectivity index (χ2n) is 4.06. The van der Waals surface area contributed by atoms with Crippen molar-refractivity contribution in [1.29, 1.82) is 0 Å². The van der Waals surface area contributed by atoms with Crippen LogP contribution in [0.2, 0.25) is 0 Å². The quantitative estimate of drug-likeness (QED) is 0.775. The van der Waals surface area contributed by atoms with Gasteiger partial charge in [-0.2, -0.15) is 5.10 Å². The fraction of sp³-hybridized carbons (Fsp3) is 0.700. The zero-order chi connectivity index (χ0) is 10.5. The maximum atomic E-state index is 11.5. The highest BCUT2D eigenvalue weighted by Crippen LogP contribution is 2.27. The molecule has 82 valence electrons. The van der Waals surface area contributed by atoms with Crippen molar-refractivity contribution in [3.8, 4) is 0 Å². The molecule has 1 amide bonds. The van der Waals surface area contributed by atoms with E-state index >= 15 is 0 Å². The molecular formula is C10H16N4O. The molecule has 5 heteroatoms. The number of H-pyrrole nitrogens is 1. The molecule has 0 aromatic carbocycles. The van der Waals surface area contributed by atoms with Gasteiger partial charge in [0.2, 0.25) is 5.91 Å². The summed E-state index contributed by atoms with van der Waals surface area (Å²) in [6, 6.07) is 0. The van der Waals surface area contributed by atoms with Crippen molar-refractivity contribution in [2.24, 2.45) is 5.92 Å². The minimum atomic E-state index is 0.123. The van der Waals surface area contributed by atoms with E-state index in [2.05, 4.69) is 20.5 Å². The average molecular weight is 208 g/mol. The van der Waals surface area contributed by atoms with E-state index in [1.165, 1.54) is 32.0 Å². The standard InChI is InChI=1S/C10H16N4O/c15-10(5-8-3-1-2-4-8)11-6-9-12-7-13-14-9/h7-8H,1-6H2,(H,11,15)(H,12,13,14). The number of aromatic nitrogens is 3. The first-order valence-corrected chi connectivity index (χ1v) is 5.45. The van der Waals surface area contributed by atoms with Crippen LogP contribution in [-0.2, 0) is 11.3 Å². The van der Waals surface area contributed by atoms with Crippen molar-refractivity contribution < 1.29 is 4.79 Å². The third-order valence-corrected chi connectivity index (χ3v) is 2.87. The van der Waals surface area contributed by atoms with Gasteiger partial charge in [0, 0.05) is 6.42 Å². The molecule has 2 N–H and O–H groups in total. The van der Waals surface area contributed by atoms with Crippen molar-refractivity contribution in [2.45, 2.75) is 38.6 Å². The van der Waals surface area contributed by atoms with Gasteiger partial charge in [-0.15, -0.1) is 0 Å². The van der Waals surface area contributed by atoms with Crippen LogP contribution in [0, 0.1) is 5.92 Å². The minimum absolute atomic E-state index is 0.123. The highest BCUT2D eigenvalue weighted by molar-refractivity contribution is 5.76. The maximum absolute atomic E-state index is 11.5. The van der Waals surface area contributed by atoms with Crippen molar-refractivity contribution in [2.75, 3.05) is 0 Å². The van der Waals surface area contributed by atoms with Gasteiger partial charge in [0.1, 0.15) is 12.2 Å². The molecule has 0 spiro atoms. The van der Waals surface area contributed by atoms with Gasteiger partial charge in [0.15, 0.2) is 0 Å². The number of nitrogens with zero attached hydrogens (tertiary/aromatic N) is 2. The van der Waals surface area contributed by atoms with Gasteiger partial charge < -0.3 is 5.32 Å². The van der Waals surface area contributed by atoms with Crippen molar-refractivity contribution in [3.05, 3.63) is 12.2 Å². The third kappa shape index (κ3) is 3.04. The smallest absolute Gasteiger partial charge is 0.220 e. The van der Waals surface area contributed by atoms with E-state index in [1.54, 1.807) is 0 Å². The predicted molar refractivity (Wildman–Crippen MR) is 54.8 cm³/mol. The second kappa shape index (κ2) is 4.91. The molecule has 0 saturated heterocycles. The number of carbonyl (C=O) groups excluding carboxylic acids is 1. The third-order valence-electron chi connectivity index (χ3n) is 2.87. The molecule has 1 aromatic rings. The van der Waals surface area contributed by atoms with Crippen molar-refractivity contribution in [1.82, 2.24) is 20.5 Å². The predicted octanol–water partition coefficient (Wildman–Crippen LogP) is 1.00. The lowest BCUT2D eigenvalue weighted by molar-refractivity contribution is -0.122.